The summed E-state index contributed by atoms with van der Waals surface area (Å²) in [7, 11) is 1.64. The van der Waals surface area contributed by atoms with Gasteiger partial charge in [-0.1, -0.05) is 12.1 Å². The van der Waals surface area contributed by atoms with Gasteiger partial charge >= 0.3 is 5.97 Å². The topological polar surface area (TPSA) is 75.6 Å². The van der Waals surface area contributed by atoms with Gasteiger partial charge < -0.3 is 15.2 Å². The minimum absolute atomic E-state index is 0.0534. The molecule has 0 radical (unpaired) electrons. The van der Waals surface area contributed by atoms with Gasteiger partial charge in [-0.05, 0) is 73.5 Å². The van der Waals surface area contributed by atoms with Gasteiger partial charge in [0.2, 0.25) is 5.91 Å². The number of alkyl halides is 1. The van der Waals surface area contributed by atoms with Crippen LogP contribution in [0.3, 0.4) is 0 Å². The first-order valence-corrected chi connectivity index (χ1v) is 9.64. The number of carbonyl (C=O) groups excluding carboxylic acids is 1. The molecule has 4 saturated carbocycles. The first kappa shape index (κ1) is 18.3. The number of aliphatic carboxylic acids is 1. The molecule has 0 aromatic heterocycles. The Hall–Kier alpha value is -2.11. The van der Waals surface area contributed by atoms with Crippen molar-refractivity contribution < 1.29 is 23.8 Å². The van der Waals surface area contributed by atoms with E-state index in [2.05, 4.69) is 17.4 Å². The summed E-state index contributed by atoms with van der Waals surface area (Å²) in [5.74, 6) is 0.142. The molecule has 1 aromatic carbocycles. The van der Waals surface area contributed by atoms with Gasteiger partial charge in [-0.25, -0.2) is 9.18 Å². The average molecular weight is 375 g/mol. The Kier molecular flexibility index (Phi) is 4.40. The van der Waals surface area contributed by atoms with E-state index < -0.39 is 24.1 Å². The van der Waals surface area contributed by atoms with Crippen LogP contribution in [0.1, 0.15) is 44.1 Å². The smallest absolute Gasteiger partial charge is 0.328 e. The Bertz CT molecular complexity index is 733. The molecule has 4 aliphatic rings. The van der Waals surface area contributed by atoms with Gasteiger partial charge in [0.05, 0.1) is 12.5 Å². The zero-order valence-corrected chi connectivity index (χ0v) is 15.5. The van der Waals surface area contributed by atoms with Crippen molar-refractivity contribution in [1.82, 2.24) is 5.32 Å². The van der Waals surface area contributed by atoms with Crippen LogP contribution in [0.25, 0.3) is 0 Å². The summed E-state index contributed by atoms with van der Waals surface area (Å²) >= 11 is 0. The van der Waals surface area contributed by atoms with Crippen LogP contribution < -0.4 is 10.1 Å². The molecule has 1 aromatic rings. The SMILES string of the molecule is COc1ccc(C23CC4CC(CC(C(=O)NC(CF)C(=O)O)(C4)C2)C3)cc1. The third-order valence-corrected chi connectivity index (χ3v) is 7.00. The number of carbonyl (C=O) groups is 2. The number of ether oxygens (including phenoxy) is 1. The fourth-order valence-electron chi connectivity index (χ4n) is 6.29. The van der Waals surface area contributed by atoms with Crippen LogP contribution in [0, 0.1) is 17.3 Å². The first-order chi connectivity index (χ1) is 12.9. The third kappa shape index (κ3) is 2.99. The Balaban J connectivity index is 1.63. The van der Waals surface area contributed by atoms with E-state index in [1.807, 2.05) is 12.1 Å². The van der Waals surface area contributed by atoms with Crippen LogP contribution in [0.2, 0.25) is 0 Å². The monoisotopic (exact) mass is 375 g/mol. The fourth-order valence-corrected chi connectivity index (χ4v) is 6.29. The Morgan fingerprint density at radius 3 is 2.37 bits per heavy atom. The highest BCUT2D eigenvalue weighted by Crippen LogP contribution is 2.65. The molecule has 0 saturated heterocycles. The summed E-state index contributed by atoms with van der Waals surface area (Å²) in [6, 6.07) is 6.66. The number of methoxy groups -OCH3 is 1. The van der Waals surface area contributed by atoms with Gasteiger partial charge in [0, 0.05) is 0 Å². The van der Waals surface area contributed by atoms with E-state index >= 15 is 0 Å². The van der Waals surface area contributed by atoms with Gasteiger partial charge in [-0.15, -0.1) is 0 Å². The molecule has 4 fully saturated rings. The van der Waals surface area contributed by atoms with E-state index in [-0.39, 0.29) is 11.3 Å². The predicted octanol–water partition coefficient (Wildman–Crippen LogP) is 3.07. The van der Waals surface area contributed by atoms with Crippen LogP contribution in [0.15, 0.2) is 24.3 Å². The van der Waals surface area contributed by atoms with Crippen molar-refractivity contribution in [2.75, 3.05) is 13.8 Å². The fraction of sp³-hybridized carbons (Fsp3) is 0.619. The van der Waals surface area contributed by atoms with Crippen LogP contribution in [-0.4, -0.2) is 36.8 Å². The van der Waals surface area contributed by atoms with E-state index in [0.717, 1.165) is 37.9 Å². The van der Waals surface area contributed by atoms with E-state index in [9.17, 15) is 14.0 Å². The summed E-state index contributed by atoms with van der Waals surface area (Å²) < 4.78 is 18.3. The molecule has 0 spiro atoms. The van der Waals surface area contributed by atoms with Crippen LogP contribution in [0.4, 0.5) is 4.39 Å². The number of benzene rings is 1. The number of rotatable bonds is 6. The summed E-state index contributed by atoms with van der Waals surface area (Å²) in [6.07, 6.45) is 5.55. The highest BCUT2D eigenvalue weighted by Gasteiger charge is 2.61. The molecular weight excluding hydrogens is 349 g/mol. The van der Waals surface area contributed by atoms with Crippen molar-refractivity contribution in [1.29, 1.82) is 0 Å². The largest absolute Gasteiger partial charge is 0.497 e. The maximum atomic E-state index is 13.1. The van der Waals surface area contributed by atoms with Crippen LogP contribution >= 0.6 is 0 Å². The molecule has 27 heavy (non-hydrogen) atoms. The van der Waals surface area contributed by atoms with Crippen molar-refractivity contribution in [2.45, 2.75) is 50.0 Å². The Labute approximate surface area is 158 Å². The van der Waals surface area contributed by atoms with E-state index in [4.69, 9.17) is 9.84 Å². The zero-order valence-electron chi connectivity index (χ0n) is 15.5. The maximum Gasteiger partial charge on any atom is 0.328 e. The van der Waals surface area contributed by atoms with Crippen LogP contribution in [-0.2, 0) is 15.0 Å². The van der Waals surface area contributed by atoms with Crippen molar-refractivity contribution in [3.63, 3.8) is 0 Å². The minimum atomic E-state index is -1.46. The molecule has 2 N–H and O–H groups in total. The molecule has 3 atom stereocenters. The molecule has 5 nitrogen and oxygen atoms in total. The molecule has 4 bridgehead atoms. The number of hydrogen-bond donors (Lipinski definition) is 2. The summed E-state index contributed by atoms with van der Waals surface area (Å²) in [4.78, 5) is 24.3. The molecule has 146 valence electrons. The van der Waals surface area contributed by atoms with E-state index in [1.54, 1.807) is 7.11 Å². The normalized spacial score (nSPS) is 34.9. The lowest BCUT2D eigenvalue weighted by Crippen LogP contribution is -2.60. The van der Waals surface area contributed by atoms with Gasteiger partial charge in [0.25, 0.3) is 0 Å². The lowest BCUT2D eigenvalue weighted by molar-refractivity contribution is -0.154. The number of hydrogen-bond acceptors (Lipinski definition) is 3. The quantitative estimate of drug-likeness (QED) is 0.801. The second-order valence-corrected chi connectivity index (χ2v) is 8.77. The molecule has 5 rings (SSSR count). The number of carboxylic acid groups (broad SMARTS) is 1. The maximum absolute atomic E-state index is 13.1. The van der Waals surface area contributed by atoms with Gasteiger partial charge in [-0.2, -0.15) is 0 Å². The van der Waals surface area contributed by atoms with E-state index in [1.165, 1.54) is 5.56 Å². The van der Waals surface area contributed by atoms with Crippen molar-refractivity contribution in [2.24, 2.45) is 17.3 Å². The van der Waals surface area contributed by atoms with Crippen molar-refractivity contribution >= 4 is 11.9 Å². The van der Waals surface area contributed by atoms with Crippen molar-refractivity contribution in [3.8, 4) is 5.75 Å². The highest BCUT2D eigenvalue weighted by atomic mass is 19.1. The zero-order chi connectivity index (χ0) is 19.2. The first-order valence-electron chi connectivity index (χ1n) is 9.64. The number of halogens is 1. The molecule has 0 heterocycles. The van der Waals surface area contributed by atoms with Crippen LogP contribution in [0.5, 0.6) is 5.75 Å². The van der Waals surface area contributed by atoms with Gasteiger partial charge in [0.15, 0.2) is 6.04 Å². The molecule has 3 unspecified atom stereocenters. The third-order valence-electron chi connectivity index (χ3n) is 7.00. The summed E-state index contributed by atoms with van der Waals surface area (Å²) in [5.41, 5.74) is 0.601. The van der Waals surface area contributed by atoms with Crippen molar-refractivity contribution in [3.05, 3.63) is 29.8 Å². The average Bonchev–Trinajstić information content (AvgIpc) is 2.64. The number of amides is 1. The second-order valence-electron chi connectivity index (χ2n) is 8.77. The summed E-state index contributed by atoms with van der Waals surface area (Å²) in [6.45, 7) is -1.09. The lowest BCUT2D eigenvalue weighted by Gasteiger charge is -2.61. The molecule has 4 aliphatic carbocycles. The standard InChI is InChI=1S/C21H26FNO4/c1-27-16-4-2-15(3-5-16)20-7-13-6-14(8-20)10-21(9-13,12-20)19(26)23-17(11-22)18(24)25/h2-5,13-14,17H,6-12H2,1H3,(H,23,26)(H,24,25). The second kappa shape index (κ2) is 6.50. The minimum Gasteiger partial charge on any atom is -0.497 e. The Morgan fingerprint density at radius 2 is 1.85 bits per heavy atom. The van der Waals surface area contributed by atoms with E-state index in [0.29, 0.717) is 18.3 Å². The Morgan fingerprint density at radius 1 is 1.22 bits per heavy atom. The lowest BCUT2D eigenvalue weighted by atomic mass is 9.42. The number of carboxylic acids is 1. The number of nitrogens with one attached hydrogen (secondary N) is 1. The molecule has 0 aliphatic heterocycles. The molecule has 6 heteroatoms. The molecular formula is C21H26FNO4. The van der Waals surface area contributed by atoms with Gasteiger partial charge in [-0.3, -0.25) is 4.79 Å². The summed E-state index contributed by atoms with van der Waals surface area (Å²) in [5, 5.41) is 11.6. The molecule has 1 amide bonds. The predicted molar refractivity (Wildman–Crippen MR) is 97.3 cm³/mol. The highest BCUT2D eigenvalue weighted by molar-refractivity contribution is 5.88. The van der Waals surface area contributed by atoms with Gasteiger partial charge in [0.1, 0.15) is 12.4 Å².